The van der Waals surface area contributed by atoms with Crippen molar-refractivity contribution in [2.45, 2.75) is 13.3 Å². The van der Waals surface area contributed by atoms with Crippen LogP contribution in [0.5, 0.6) is 0 Å². The first-order valence-corrected chi connectivity index (χ1v) is 8.06. The van der Waals surface area contributed by atoms with Crippen molar-refractivity contribution in [1.82, 2.24) is 5.09 Å². The Kier molecular flexibility index (Phi) is 7.23. The number of carbonyl (C=O) groups excluding carboxylic acids is 1. The van der Waals surface area contributed by atoms with Gasteiger partial charge in [-0.2, -0.15) is 0 Å². The first kappa shape index (κ1) is 16.6. The molecule has 0 bridgehead atoms. The number of nitrogens with one attached hydrogen (secondary N) is 1. The number of esters is 1. The molecule has 0 aliphatic rings. The molecule has 0 aliphatic carbocycles. The Morgan fingerprint density at radius 2 is 2.10 bits per heavy atom. The SMILES string of the molecule is C=CCCNP(=O)(OCC(=O)OCC)c1ccccc1. The minimum Gasteiger partial charge on any atom is -0.464 e. The summed E-state index contributed by atoms with van der Waals surface area (Å²) < 4.78 is 22.9. The zero-order valence-corrected chi connectivity index (χ0v) is 12.5. The summed E-state index contributed by atoms with van der Waals surface area (Å²) in [6, 6.07) is 8.76. The van der Waals surface area contributed by atoms with E-state index in [0.29, 0.717) is 18.3 Å². The van der Waals surface area contributed by atoms with Crippen LogP contribution in [0.25, 0.3) is 0 Å². The molecule has 0 amide bonds. The third-order valence-electron chi connectivity index (χ3n) is 2.43. The summed E-state index contributed by atoms with van der Waals surface area (Å²) in [5.41, 5.74) is 0. The molecule has 1 aromatic rings. The maximum atomic E-state index is 12.8. The zero-order chi connectivity index (χ0) is 14.8. The van der Waals surface area contributed by atoms with Gasteiger partial charge in [0.15, 0.2) is 6.61 Å². The number of benzene rings is 1. The Hall–Kier alpha value is -1.42. The Bertz CT molecular complexity index is 475. The molecule has 0 fully saturated rings. The minimum atomic E-state index is -3.28. The van der Waals surface area contributed by atoms with Gasteiger partial charge >= 0.3 is 5.97 Å². The van der Waals surface area contributed by atoms with Crippen LogP contribution < -0.4 is 10.4 Å². The molecule has 0 spiro atoms. The Morgan fingerprint density at radius 1 is 1.40 bits per heavy atom. The highest BCUT2D eigenvalue weighted by atomic mass is 31.2. The van der Waals surface area contributed by atoms with Crippen LogP contribution in [0.4, 0.5) is 0 Å². The number of rotatable bonds is 9. The molecule has 6 heteroatoms. The van der Waals surface area contributed by atoms with E-state index in [0.717, 1.165) is 0 Å². The van der Waals surface area contributed by atoms with Gasteiger partial charge in [-0.3, -0.25) is 4.57 Å². The van der Waals surface area contributed by atoms with Crippen LogP contribution in [0.15, 0.2) is 43.0 Å². The van der Waals surface area contributed by atoms with Crippen molar-refractivity contribution in [2.24, 2.45) is 0 Å². The van der Waals surface area contributed by atoms with E-state index in [1.165, 1.54) is 0 Å². The maximum Gasteiger partial charge on any atom is 0.332 e. The molecule has 0 aliphatic heterocycles. The highest BCUT2D eigenvalue weighted by Gasteiger charge is 2.26. The van der Waals surface area contributed by atoms with Crippen molar-refractivity contribution in [3.8, 4) is 0 Å². The third kappa shape index (κ3) is 5.29. The molecule has 1 aromatic carbocycles. The largest absolute Gasteiger partial charge is 0.464 e. The van der Waals surface area contributed by atoms with Crippen molar-refractivity contribution in [2.75, 3.05) is 19.8 Å². The van der Waals surface area contributed by atoms with Crippen molar-refractivity contribution < 1.29 is 18.6 Å². The summed E-state index contributed by atoms with van der Waals surface area (Å²) in [7, 11) is -3.28. The van der Waals surface area contributed by atoms with E-state index in [1.807, 2.05) is 6.07 Å². The molecule has 1 unspecified atom stereocenters. The Balaban J connectivity index is 2.76. The van der Waals surface area contributed by atoms with Gasteiger partial charge in [-0.1, -0.05) is 24.3 Å². The number of hydrogen-bond donors (Lipinski definition) is 1. The van der Waals surface area contributed by atoms with Gasteiger partial charge in [0.05, 0.1) is 11.9 Å². The van der Waals surface area contributed by atoms with Crippen LogP contribution in [0.3, 0.4) is 0 Å². The molecule has 1 N–H and O–H groups in total. The highest BCUT2D eigenvalue weighted by Crippen LogP contribution is 2.40. The summed E-state index contributed by atoms with van der Waals surface area (Å²) in [6.07, 6.45) is 2.37. The smallest absolute Gasteiger partial charge is 0.332 e. The molecule has 0 aromatic heterocycles. The monoisotopic (exact) mass is 297 g/mol. The fraction of sp³-hybridized carbons (Fsp3) is 0.357. The average Bonchev–Trinajstić information content (AvgIpc) is 2.47. The fourth-order valence-corrected chi connectivity index (χ4v) is 3.19. The lowest BCUT2D eigenvalue weighted by Gasteiger charge is -2.19. The van der Waals surface area contributed by atoms with E-state index in [9.17, 15) is 9.36 Å². The van der Waals surface area contributed by atoms with Crippen molar-refractivity contribution >= 4 is 18.8 Å². The van der Waals surface area contributed by atoms with Crippen LogP contribution in [-0.4, -0.2) is 25.7 Å². The van der Waals surface area contributed by atoms with E-state index >= 15 is 0 Å². The third-order valence-corrected chi connectivity index (χ3v) is 4.54. The minimum absolute atomic E-state index is 0.266. The standard InChI is InChI=1S/C14H20NO4P/c1-3-5-11-15-20(17,13-9-7-6-8-10-13)19-12-14(16)18-4-2/h3,6-10H,1,4-5,11-12H2,2H3,(H,15,17). The summed E-state index contributed by atoms with van der Waals surface area (Å²) in [5, 5.41) is 3.39. The van der Waals surface area contributed by atoms with Gasteiger partial charge in [-0.25, -0.2) is 9.88 Å². The molecule has 5 nitrogen and oxygen atoms in total. The average molecular weight is 297 g/mol. The summed E-state index contributed by atoms with van der Waals surface area (Å²) in [6.45, 7) is 5.69. The van der Waals surface area contributed by atoms with Gasteiger partial charge < -0.3 is 9.26 Å². The predicted octanol–water partition coefficient (Wildman–Crippen LogP) is 2.25. The second-order valence-corrected chi connectivity index (χ2v) is 6.14. The Morgan fingerprint density at radius 3 is 2.70 bits per heavy atom. The first-order chi connectivity index (χ1) is 9.62. The molecule has 1 rings (SSSR count). The lowest BCUT2D eigenvalue weighted by atomic mass is 10.4. The molecule has 1 atom stereocenters. The van der Waals surface area contributed by atoms with E-state index in [-0.39, 0.29) is 13.2 Å². The van der Waals surface area contributed by atoms with Gasteiger partial charge in [0.25, 0.3) is 7.52 Å². The predicted molar refractivity (Wildman–Crippen MR) is 79.1 cm³/mol. The summed E-state index contributed by atoms with van der Waals surface area (Å²) in [5.74, 6) is -0.533. The van der Waals surface area contributed by atoms with Crippen LogP contribution in [0.1, 0.15) is 13.3 Å². The molecule has 0 saturated carbocycles. The van der Waals surface area contributed by atoms with E-state index < -0.39 is 13.5 Å². The fourth-order valence-electron chi connectivity index (χ4n) is 1.50. The maximum absolute atomic E-state index is 12.8. The summed E-state index contributed by atoms with van der Waals surface area (Å²) >= 11 is 0. The number of carbonyl (C=O) groups is 1. The van der Waals surface area contributed by atoms with Gasteiger partial charge in [-0.05, 0) is 25.5 Å². The number of ether oxygens (including phenoxy) is 1. The molecule has 110 valence electrons. The van der Waals surface area contributed by atoms with Crippen molar-refractivity contribution in [3.05, 3.63) is 43.0 Å². The highest BCUT2D eigenvalue weighted by molar-refractivity contribution is 7.65. The molecule has 0 saturated heterocycles. The van der Waals surface area contributed by atoms with Gasteiger partial charge in [0.2, 0.25) is 0 Å². The van der Waals surface area contributed by atoms with E-state index in [2.05, 4.69) is 11.7 Å². The van der Waals surface area contributed by atoms with Crippen molar-refractivity contribution in [3.63, 3.8) is 0 Å². The first-order valence-electron chi connectivity index (χ1n) is 6.44. The lowest BCUT2D eigenvalue weighted by molar-refractivity contribution is -0.145. The van der Waals surface area contributed by atoms with Crippen LogP contribution in [0.2, 0.25) is 0 Å². The molecular weight excluding hydrogens is 277 g/mol. The summed E-state index contributed by atoms with van der Waals surface area (Å²) in [4.78, 5) is 11.3. The second-order valence-electron chi connectivity index (χ2n) is 3.95. The molecule has 20 heavy (non-hydrogen) atoms. The molecule has 0 heterocycles. The second kappa shape index (κ2) is 8.69. The van der Waals surface area contributed by atoms with E-state index in [1.54, 1.807) is 37.3 Å². The topological polar surface area (TPSA) is 64.6 Å². The van der Waals surface area contributed by atoms with E-state index in [4.69, 9.17) is 9.26 Å². The Labute approximate surface area is 119 Å². The molecular formula is C14H20NO4P. The lowest BCUT2D eigenvalue weighted by Crippen LogP contribution is -2.24. The van der Waals surface area contributed by atoms with Gasteiger partial charge in [0, 0.05) is 6.54 Å². The quantitative estimate of drug-likeness (QED) is 0.328. The van der Waals surface area contributed by atoms with Crippen LogP contribution in [0, 0.1) is 0 Å². The molecule has 0 radical (unpaired) electrons. The normalized spacial score (nSPS) is 13.4. The van der Waals surface area contributed by atoms with Crippen LogP contribution in [-0.2, 0) is 18.6 Å². The number of hydrogen-bond acceptors (Lipinski definition) is 4. The van der Waals surface area contributed by atoms with Crippen molar-refractivity contribution in [1.29, 1.82) is 0 Å². The van der Waals surface area contributed by atoms with Crippen LogP contribution >= 0.6 is 7.52 Å². The van der Waals surface area contributed by atoms with Gasteiger partial charge in [-0.15, -0.1) is 6.58 Å². The zero-order valence-electron chi connectivity index (χ0n) is 11.6. The van der Waals surface area contributed by atoms with Gasteiger partial charge in [0.1, 0.15) is 0 Å².